The summed E-state index contributed by atoms with van der Waals surface area (Å²) in [4.78, 5) is 0. The second kappa shape index (κ2) is 8.05. The maximum Gasteiger partial charge on any atom is 0.215 e. The molecule has 0 aromatic rings. The summed E-state index contributed by atoms with van der Waals surface area (Å²) < 4.78 is 42.0. The molecule has 92 valence electrons. The predicted octanol–water partition coefficient (Wildman–Crippen LogP) is -0.0850. The number of quaternary nitrogens is 1. The molecule has 0 aromatic heterocycles. The Bertz CT molecular complexity index is 240. The van der Waals surface area contributed by atoms with Gasteiger partial charge in [-0.25, -0.2) is 8.42 Å². The first kappa shape index (κ1) is 17.3. The molecule has 1 saturated heterocycles. The first-order valence-electron chi connectivity index (χ1n) is 4.45. The lowest BCUT2D eigenvalue weighted by Gasteiger charge is -2.26. The number of rotatable bonds is 1. The molecular formula is C7H17NO5S2. The number of nitrogens with zero attached hydrogens (tertiary/aromatic N) is 1. The summed E-state index contributed by atoms with van der Waals surface area (Å²) in [5.41, 5.74) is 0. The molecule has 0 unspecified atom stereocenters. The Balaban J connectivity index is 0. The minimum Gasteiger partial charge on any atom is -0.726 e. The normalized spacial score (nSPS) is 18.1. The Morgan fingerprint density at radius 2 is 1.60 bits per heavy atom. The van der Waals surface area contributed by atoms with Crippen molar-refractivity contribution < 1.29 is 26.2 Å². The molecule has 1 rings (SSSR count). The molecule has 1 aliphatic rings. The maximum absolute atomic E-state index is 8.63. The van der Waals surface area contributed by atoms with E-state index in [0.717, 1.165) is 0 Å². The molecule has 1 aliphatic heterocycles. The van der Waals surface area contributed by atoms with E-state index in [1.165, 1.54) is 37.0 Å². The largest absolute Gasteiger partial charge is 0.726 e. The van der Waals surface area contributed by atoms with E-state index in [-0.39, 0.29) is 0 Å². The lowest BCUT2D eigenvalue weighted by Crippen LogP contribution is -2.40. The molecule has 0 atom stereocenters. The van der Waals surface area contributed by atoms with E-state index in [9.17, 15) is 0 Å². The summed E-state index contributed by atoms with van der Waals surface area (Å²) in [6.07, 6.45) is 2.90. The van der Waals surface area contributed by atoms with Crippen LogP contribution in [-0.4, -0.2) is 52.9 Å². The zero-order chi connectivity index (χ0) is 12.5. The Labute approximate surface area is 96.0 Å². The van der Waals surface area contributed by atoms with E-state index in [4.69, 9.17) is 21.7 Å². The van der Waals surface area contributed by atoms with Gasteiger partial charge in [0.05, 0.1) is 26.7 Å². The van der Waals surface area contributed by atoms with Crippen LogP contribution >= 0.6 is 0 Å². The minimum atomic E-state index is -4.92. The Morgan fingerprint density at radius 1 is 1.33 bits per heavy atom. The van der Waals surface area contributed by atoms with Crippen molar-refractivity contribution in [3.63, 3.8) is 0 Å². The van der Waals surface area contributed by atoms with Crippen LogP contribution in [0.15, 0.2) is 0 Å². The summed E-state index contributed by atoms with van der Waals surface area (Å²) in [7, 11) is -2.56. The molecule has 0 aromatic carbocycles. The second-order valence-electron chi connectivity index (χ2n) is 3.52. The molecule has 6 nitrogen and oxygen atoms in total. The van der Waals surface area contributed by atoms with Crippen LogP contribution in [0.5, 0.6) is 0 Å². The number of likely N-dealkylation sites (tertiary alicyclic amines) is 1. The van der Waals surface area contributed by atoms with Gasteiger partial charge in [0.1, 0.15) is 0 Å². The van der Waals surface area contributed by atoms with Crippen molar-refractivity contribution in [2.45, 2.75) is 19.8 Å². The van der Waals surface area contributed by atoms with Crippen LogP contribution in [0.1, 0.15) is 19.8 Å². The Kier molecular flexibility index (Phi) is 9.26. The molecule has 0 aliphatic carbocycles. The Hall–Kier alpha value is -0.150. The number of hydrogen-bond donors (Lipinski definition) is 1. The zero-order valence-corrected chi connectivity index (χ0v) is 10.5. The smallest absolute Gasteiger partial charge is 0.215 e. The molecule has 0 spiro atoms. The van der Waals surface area contributed by atoms with Crippen LogP contribution < -0.4 is 0 Å². The summed E-state index contributed by atoms with van der Waals surface area (Å²) in [5, 5.41) is 0. The van der Waals surface area contributed by atoms with Gasteiger partial charge in [0.25, 0.3) is 0 Å². The molecule has 8 heteroatoms. The van der Waals surface area contributed by atoms with Gasteiger partial charge in [-0.05, 0) is 6.92 Å². The van der Waals surface area contributed by atoms with Crippen molar-refractivity contribution in [2.24, 2.45) is 0 Å². The highest BCUT2D eigenvalue weighted by atomic mass is 32.3. The first-order chi connectivity index (χ1) is 6.77. The van der Waals surface area contributed by atoms with Gasteiger partial charge in [-0.2, -0.15) is 4.21 Å². The highest BCUT2D eigenvalue weighted by molar-refractivity contribution is 7.79. The standard InChI is InChI=1S/C7H16N.H2O4S.OS/c1-3-8(2)6-4-5-7-8;1-5(2,3)4;1-2/h3-7H2,1-2H3;(H2,1,2,3,4);/q+1;;/p-1. The molecule has 0 saturated carbocycles. The average molecular weight is 259 g/mol. The van der Waals surface area contributed by atoms with Crippen LogP contribution in [0, 0.1) is 0 Å². The quantitative estimate of drug-likeness (QED) is 0.402. The topological polar surface area (TPSA) is 94.5 Å². The third kappa shape index (κ3) is 13.9. The van der Waals surface area contributed by atoms with Crippen molar-refractivity contribution in [3.8, 4) is 0 Å². The van der Waals surface area contributed by atoms with Gasteiger partial charge in [0, 0.05) is 12.8 Å². The van der Waals surface area contributed by atoms with E-state index in [1.54, 1.807) is 0 Å². The van der Waals surface area contributed by atoms with Gasteiger partial charge in [0.2, 0.25) is 10.4 Å². The van der Waals surface area contributed by atoms with Crippen LogP contribution in [-0.2, 0) is 22.9 Å². The number of hydrogen-bond acceptors (Lipinski definition) is 5. The van der Waals surface area contributed by atoms with Gasteiger partial charge in [-0.15, -0.1) is 0 Å². The zero-order valence-electron chi connectivity index (χ0n) is 8.88. The average Bonchev–Trinajstić information content (AvgIpc) is 2.54. The summed E-state index contributed by atoms with van der Waals surface area (Å²) in [6, 6.07) is 0. The van der Waals surface area contributed by atoms with E-state index in [0.29, 0.717) is 0 Å². The van der Waals surface area contributed by atoms with Gasteiger partial charge in [-0.1, -0.05) is 0 Å². The first-order valence-corrected chi connectivity index (χ1v) is 6.15. The van der Waals surface area contributed by atoms with Crippen LogP contribution in [0.4, 0.5) is 0 Å². The molecule has 1 heterocycles. The lowest BCUT2D eigenvalue weighted by atomic mass is 10.4. The second-order valence-corrected chi connectivity index (χ2v) is 4.37. The third-order valence-electron chi connectivity index (χ3n) is 2.41. The van der Waals surface area contributed by atoms with Crippen molar-refractivity contribution in [2.75, 3.05) is 26.7 Å². The highest BCUT2D eigenvalue weighted by Crippen LogP contribution is 2.14. The molecule has 0 amide bonds. The maximum atomic E-state index is 8.63. The summed E-state index contributed by atoms with van der Waals surface area (Å²) >= 11 is 2.83. The molecule has 15 heavy (non-hydrogen) atoms. The third-order valence-corrected chi connectivity index (χ3v) is 2.41. The predicted molar refractivity (Wildman–Crippen MR) is 56.2 cm³/mol. The molecule has 0 radical (unpaired) electrons. The monoisotopic (exact) mass is 259 g/mol. The molecule has 1 fully saturated rings. The molecule has 1 N–H and O–H groups in total. The van der Waals surface area contributed by atoms with Gasteiger partial charge < -0.3 is 9.04 Å². The van der Waals surface area contributed by atoms with E-state index >= 15 is 0 Å². The van der Waals surface area contributed by atoms with Crippen LogP contribution in [0.2, 0.25) is 0 Å². The lowest BCUT2D eigenvalue weighted by molar-refractivity contribution is -0.895. The molecule has 0 bridgehead atoms. The van der Waals surface area contributed by atoms with Crippen molar-refractivity contribution in [3.05, 3.63) is 0 Å². The SMILES string of the molecule is CC[N+]1(C)CCCC1.O=S.O=S(=O)([O-])O. The fourth-order valence-corrected chi connectivity index (χ4v) is 1.42. The minimum absolute atomic E-state index is 1.32. The van der Waals surface area contributed by atoms with Crippen LogP contribution in [0.25, 0.3) is 0 Å². The van der Waals surface area contributed by atoms with Crippen molar-refractivity contribution in [1.82, 2.24) is 0 Å². The van der Waals surface area contributed by atoms with E-state index in [1.807, 2.05) is 0 Å². The van der Waals surface area contributed by atoms with E-state index < -0.39 is 10.4 Å². The summed E-state index contributed by atoms with van der Waals surface area (Å²) in [5.74, 6) is 0. The van der Waals surface area contributed by atoms with Crippen molar-refractivity contribution in [1.29, 1.82) is 0 Å². The fourth-order valence-electron chi connectivity index (χ4n) is 1.42. The van der Waals surface area contributed by atoms with Gasteiger partial charge >= 0.3 is 0 Å². The highest BCUT2D eigenvalue weighted by Gasteiger charge is 2.23. The Morgan fingerprint density at radius 3 is 1.73 bits per heavy atom. The van der Waals surface area contributed by atoms with Gasteiger partial charge in [-0.3, -0.25) is 4.55 Å². The van der Waals surface area contributed by atoms with Gasteiger partial charge in [0.15, 0.2) is 12.5 Å². The van der Waals surface area contributed by atoms with Crippen LogP contribution in [0.3, 0.4) is 0 Å². The summed E-state index contributed by atoms with van der Waals surface area (Å²) in [6.45, 7) is 6.43. The van der Waals surface area contributed by atoms with Crippen molar-refractivity contribution >= 4 is 22.9 Å². The molecular weight excluding hydrogens is 242 g/mol. The fraction of sp³-hybridized carbons (Fsp3) is 1.00. The van der Waals surface area contributed by atoms with E-state index in [2.05, 4.69) is 26.5 Å².